The van der Waals surface area contributed by atoms with Crippen molar-refractivity contribution in [3.05, 3.63) is 27.3 Å². The number of ether oxygens (including phenoxy) is 1. The molecule has 0 unspecified atom stereocenters. The van der Waals surface area contributed by atoms with E-state index in [4.69, 9.17) is 4.74 Å². The Morgan fingerprint density at radius 1 is 1.26 bits per heavy atom. The van der Waals surface area contributed by atoms with Crippen LogP contribution in [0.3, 0.4) is 0 Å². The predicted octanol–water partition coefficient (Wildman–Crippen LogP) is 4.66. The van der Waals surface area contributed by atoms with Crippen LogP contribution in [0.15, 0.2) is 18.2 Å². The fourth-order valence-electron chi connectivity index (χ4n) is 1.26. The summed E-state index contributed by atoms with van der Waals surface area (Å²) in [6.07, 6.45) is -5.24. The van der Waals surface area contributed by atoms with Crippen molar-refractivity contribution in [2.24, 2.45) is 0 Å². The summed E-state index contributed by atoms with van der Waals surface area (Å²) in [6.45, 7) is 5.01. The highest BCUT2D eigenvalue weighted by atomic mass is 127. The van der Waals surface area contributed by atoms with Gasteiger partial charge in [0, 0.05) is 3.57 Å². The van der Waals surface area contributed by atoms with Gasteiger partial charge in [-0.05, 0) is 55.5 Å². The average Bonchev–Trinajstić information content (AvgIpc) is 2.16. The van der Waals surface area contributed by atoms with Crippen molar-refractivity contribution in [2.45, 2.75) is 32.5 Å². The standard InChI is InChI=1S/C12H13F3INO2/c1-11(2,3)19-10(18)17-8-6-4-5-7(9(8)16)12(13,14)15/h4-6H,1-3H3,(H,17,18). The van der Waals surface area contributed by atoms with Crippen LogP contribution in [-0.4, -0.2) is 11.7 Å². The molecule has 0 aliphatic carbocycles. The molecule has 0 heterocycles. The Labute approximate surface area is 122 Å². The van der Waals surface area contributed by atoms with Gasteiger partial charge in [-0.1, -0.05) is 6.07 Å². The van der Waals surface area contributed by atoms with E-state index in [0.717, 1.165) is 6.07 Å². The molecule has 0 aromatic heterocycles. The van der Waals surface area contributed by atoms with Gasteiger partial charge in [-0.25, -0.2) is 4.79 Å². The van der Waals surface area contributed by atoms with Crippen molar-refractivity contribution in [3.8, 4) is 0 Å². The van der Waals surface area contributed by atoms with Crippen LogP contribution in [0.1, 0.15) is 26.3 Å². The quantitative estimate of drug-likeness (QED) is 0.713. The Morgan fingerprint density at radius 2 is 1.84 bits per heavy atom. The zero-order chi connectivity index (χ0) is 14.8. The van der Waals surface area contributed by atoms with Crippen molar-refractivity contribution in [1.29, 1.82) is 0 Å². The monoisotopic (exact) mass is 387 g/mol. The van der Waals surface area contributed by atoms with Crippen molar-refractivity contribution < 1.29 is 22.7 Å². The SMILES string of the molecule is CC(C)(C)OC(=O)Nc1cccc(C(F)(F)F)c1I. The topological polar surface area (TPSA) is 38.3 Å². The first-order valence-electron chi connectivity index (χ1n) is 5.36. The molecule has 0 fully saturated rings. The summed E-state index contributed by atoms with van der Waals surface area (Å²) in [7, 11) is 0. The number of hydrogen-bond donors (Lipinski definition) is 1. The number of carbonyl (C=O) groups excluding carboxylic acids is 1. The Hall–Kier alpha value is -0.990. The molecule has 0 atom stereocenters. The van der Waals surface area contributed by atoms with Crippen LogP contribution in [0.4, 0.5) is 23.7 Å². The molecule has 7 heteroatoms. The first-order chi connectivity index (χ1) is 8.50. The number of alkyl halides is 3. The summed E-state index contributed by atoms with van der Waals surface area (Å²) >= 11 is 1.55. The largest absolute Gasteiger partial charge is 0.444 e. The van der Waals surface area contributed by atoms with Crippen molar-refractivity contribution in [1.82, 2.24) is 0 Å². The summed E-state index contributed by atoms with van der Waals surface area (Å²) in [5, 5.41) is 2.31. The van der Waals surface area contributed by atoms with Gasteiger partial charge in [-0.2, -0.15) is 13.2 Å². The second-order valence-corrected chi connectivity index (χ2v) is 5.87. The molecule has 1 rings (SSSR count). The first kappa shape index (κ1) is 16.1. The summed E-state index contributed by atoms with van der Waals surface area (Å²) in [4.78, 5) is 11.5. The lowest BCUT2D eigenvalue weighted by molar-refractivity contribution is -0.138. The molecule has 1 N–H and O–H groups in total. The van der Waals surface area contributed by atoms with Crippen molar-refractivity contribution in [3.63, 3.8) is 0 Å². The molecule has 1 aromatic rings. The maximum absolute atomic E-state index is 12.7. The van der Waals surface area contributed by atoms with Crippen LogP contribution >= 0.6 is 22.6 Å². The van der Waals surface area contributed by atoms with Gasteiger partial charge in [0.25, 0.3) is 0 Å². The number of anilines is 1. The lowest BCUT2D eigenvalue weighted by atomic mass is 10.2. The number of hydrogen-bond acceptors (Lipinski definition) is 2. The van der Waals surface area contributed by atoms with Gasteiger partial charge in [-0.3, -0.25) is 5.32 Å². The second-order valence-electron chi connectivity index (χ2n) is 4.79. The van der Waals surface area contributed by atoms with Crippen LogP contribution in [0.5, 0.6) is 0 Å². The summed E-state index contributed by atoms with van der Waals surface area (Å²) in [5.74, 6) is 0. The second kappa shape index (κ2) is 5.56. The third-order valence-electron chi connectivity index (χ3n) is 1.94. The highest BCUT2D eigenvalue weighted by molar-refractivity contribution is 14.1. The van der Waals surface area contributed by atoms with E-state index in [1.165, 1.54) is 12.1 Å². The predicted molar refractivity (Wildman–Crippen MR) is 74.0 cm³/mol. The highest BCUT2D eigenvalue weighted by Gasteiger charge is 2.33. The molecule has 0 spiro atoms. The number of amides is 1. The lowest BCUT2D eigenvalue weighted by Crippen LogP contribution is -2.27. The number of benzene rings is 1. The van der Waals surface area contributed by atoms with Crippen LogP contribution in [0.25, 0.3) is 0 Å². The Bertz CT molecular complexity index is 481. The van der Waals surface area contributed by atoms with Gasteiger partial charge in [0.15, 0.2) is 0 Å². The Morgan fingerprint density at radius 3 is 2.32 bits per heavy atom. The van der Waals surface area contributed by atoms with E-state index in [-0.39, 0.29) is 9.26 Å². The van der Waals surface area contributed by atoms with E-state index < -0.39 is 23.4 Å². The van der Waals surface area contributed by atoms with Gasteiger partial charge in [0.1, 0.15) is 5.60 Å². The van der Waals surface area contributed by atoms with Crippen LogP contribution in [-0.2, 0) is 10.9 Å². The maximum atomic E-state index is 12.7. The Kier molecular flexibility index (Phi) is 4.70. The normalized spacial score (nSPS) is 12.2. The Balaban J connectivity index is 2.95. The fraction of sp³-hybridized carbons (Fsp3) is 0.417. The van der Waals surface area contributed by atoms with Crippen LogP contribution in [0.2, 0.25) is 0 Å². The molecular formula is C12H13F3INO2. The van der Waals surface area contributed by atoms with Crippen LogP contribution in [0, 0.1) is 3.57 Å². The van der Waals surface area contributed by atoms with E-state index >= 15 is 0 Å². The molecule has 0 aliphatic heterocycles. The molecule has 106 valence electrons. The van der Waals surface area contributed by atoms with Gasteiger partial charge >= 0.3 is 12.3 Å². The molecule has 0 radical (unpaired) electrons. The molecule has 0 bridgehead atoms. The van der Waals surface area contributed by atoms with E-state index in [0.29, 0.717) is 0 Å². The minimum atomic E-state index is -4.46. The summed E-state index contributed by atoms with van der Waals surface area (Å²) in [5.41, 5.74) is -1.43. The van der Waals surface area contributed by atoms with Gasteiger partial charge < -0.3 is 4.74 Å². The van der Waals surface area contributed by atoms with Crippen molar-refractivity contribution >= 4 is 34.4 Å². The molecule has 3 nitrogen and oxygen atoms in total. The molecule has 1 aromatic carbocycles. The van der Waals surface area contributed by atoms with E-state index in [2.05, 4.69) is 5.32 Å². The molecule has 0 aliphatic rings. The molecule has 0 saturated heterocycles. The zero-order valence-corrected chi connectivity index (χ0v) is 12.7. The van der Waals surface area contributed by atoms with Gasteiger partial charge in [0.2, 0.25) is 0 Å². The molecule has 19 heavy (non-hydrogen) atoms. The maximum Gasteiger partial charge on any atom is 0.417 e. The summed E-state index contributed by atoms with van der Waals surface area (Å²) in [6, 6.07) is 3.58. The molecular weight excluding hydrogens is 374 g/mol. The minimum Gasteiger partial charge on any atom is -0.444 e. The average molecular weight is 387 g/mol. The zero-order valence-electron chi connectivity index (χ0n) is 10.6. The first-order valence-corrected chi connectivity index (χ1v) is 6.44. The van der Waals surface area contributed by atoms with E-state index in [1.807, 2.05) is 0 Å². The van der Waals surface area contributed by atoms with Gasteiger partial charge in [-0.15, -0.1) is 0 Å². The lowest BCUT2D eigenvalue weighted by Gasteiger charge is -2.20. The fourth-order valence-corrected chi connectivity index (χ4v) is 2.06. The smallest absolute Gasteiger partial charge is 0.417 e. The number of carbonyl (C=O) groups is 1. The van der Waals surface area contributed by atoms with Crippen LogP contribution < -0.4 is 5.32 Å². The number of nitrogens with one attached hydrogen (secondary N) is 1. The third kappa shape index (κ3) is 4.88. The van der Waals surface area contributed by atoms with Crippen molar-refractivity contribution in [2.75, 3.05) is 5.32 Å². The molecule has 1 amide bonds. The third-order valence-corrected chi connectivity index (χ3v) is 3.10. The number of rotatable bonds is 1. The number of halogens is 4. The van der Waals surface area contributed by atoms with E-state index in [1.54, 1.807) is 43.4 Å². The summed E-state index contributed by atoms with van der Waals surface area (Å²) < 4.78 is 43.0. The van der Waals surface area contributed by atoms with E-state index in [9.17, 15) is 18.0 Å². The van der Waals surface area contributed by atoms with Gasteiger partial charge in [0.05, 0.1) is 11.3 Å². The minimum absolute atomic E-state index is 0.0709. The molecule has 0 saturated carbocycles. The highest BCUT2D eigenvalue weighted by Crippen LogP contribution is 2.35.